The van der Waals surface area contributed by atoms with Crippen molar-refractivity contribution in [3.05, 3.63) is 35.1 Å². The third-order valence-electron chi connectivity index (χ3n) is 2.85. The fourth-order valence-corrected chi connectivity index (χ4v) is 1.53. The van der Waals surface area contributed by atoms with Gasteiger partial charge in [-0.3, -0.25) is 9.59 Å². The zero-order valence-corrected chi connectivity index (χ0v) is 12.1. The molecule has 0 bridgehead atoms. The molecule has 0 aliphatic carbocycles. The van der Waals surface area contributed by atoms with Crippen molar-refractivity contribution in [1.29, 1.82) is 0 Å². The van der Waals surface area contributed by atoms with Crippen molar-refractivity contribution in [3.63, 3.8) is 0 Å². The molecule has 0 heterocycles. The number of benzene rings is 1. The summed E-state index contributed by atoms with van der Waals surface area (Å²) in [5.74, 6) is 4.05. The Hall–Kier alpha value is -2.39. The molecule has 112 valence electrons. The van der Waals surface area contributed by atoms with Gasteiger partial charge in [0.2, 0.25) is 5.91 Å². The highest BCUT2D eigenvalue weighted by atomic mass is 19.1. The van der Waals surface area contributed by atoms with Gasteiger partial charge in [-0.15, -0.1) is 0 Å². The third-order valence-corrected chi connectivity index (χ3v) is 2.85. The van der Waals surface area contributed by atoms with Crippen LogP contribution in [0.5, 0.6) is 0 Å². The molecule has 2 amide bonds. The van der Waals surface area contributed by atoms with E-state index in [1.54, 1.807) is 7.05 Å². The van der Waals surface area contributed by atoms with Gasteiger partial charge in [0.1, 0.15) is 5.82 Å². The van der Waals surface area contributed by atoms with Gasteiger partial charge >= 0.3 is 0 Å². The fraction of sp³-hybridized carbons (Fsp3) is 0.333. The molecule has 0 radical (unpaired) electrons. The molecule has 0 aromatic heterocycles. The van der Waals surface area contributed by atoms with Crippen molar-refractivity contribution in [2.75, 3.05) is 26.7 Å². The molecule has 3 N–H and O–H groups in total. The van der Waals surface area contributed by atoms with Gasteiger partial charge in [-0.25, -0.2) is 4.39 Å². The molecule has 0 atom stereocenters. The van der Waals surface area contributed by atoms with Crippen LogP contribution in [0, 0.1) is 17.7 Å². The van der Waals surface area contributed by atoms with Crippen LogP contribution in [-0.2, 0) is 4.79 Å². The summed E-state index contributed by atoms with van der Waals surface area (Å²) in [6.07, 6.45) is 0. The summed E-state index contributed by atoms with van der Waals surface area (Å²) in [5.41, 5.74) is 5.73. The van der Waals surface area contributed by atoms with Crippen LogP contribution in [0.2, 0.25) is 0 Å². The molecule has 5 nitrogen and oxygen atoms in total. The average molecular weight is 291 g/mol. The normalized spacial score (nSPS) is 9.52. The van der Waals surface area contributed by atoms with Crippen LogP contribution in [0.4, 0.5) is 4.39 Å². The molecule has 21 heavy (non-hydrogen) atoms. The van der Waals surface area contributed by atoms with Crippen LogP contribution in [0.15, 0.2) is 18.2 Å². The van der Waals surface area contributed by atoms with Crippen molar-refractivity contribution in [1.82, 2.24) is 10.2 Å². The summed E-state index contributed by atoms with van der Waals surface area (Å²) < 4.78 is 13.2. The van der Waals surface area contributed by atoms with Gasteiger partial charge in [0.05, 0.1) is 18.7 Å². The lowest BCUT2D eigenvalue weighted by Gasteiger charge is -2.15. The van der Waals surface area contributed by atoms with Gasteiger partial charge in [-0.2, -0.15) is 0 Å². The van der Waals surface area contributed by atoms with Crippen LogP contribution in [-0.4, -0.2) is 43.4 Å². The topological polar surface area (TPSA) is 75.4 Å². The molecule has 0 saturated carbocycles. The Kier molecular flexibility index (Phi) is 6.37. The summed E-state index contributed by atoms with van der Waals surface area (Å²) in [7, 11) is 1.64. The largest absolute Gasteiger partial charge is 0.345 e. The van der Waals surface area contributed by atoms with E-state index in [1.165, 1.54) is 17.0 Å². The second-order valence-corrected chi connectivity index (χ2v) is 4.29. The SMILES string of the molecule is CCN(C)C(=O)CNC(=O)c1ccc(F)cc1C#CCN. The molecule has 0 aliphatic heterocycles. The first-order valence-electron chi connectivity index (χ1n) is 6.50. The summed E-state index contributed by atoms with van der Waals surface area (Å²) in [5, 5.41) is 2.50. The molecule has 1 aromatic rings. The van der Waals surface area contributed by atoms with Gasteiger partial charge in [0.25, 0.3) is 5.91 Å². The number of rotatable bonds is 4. The van der Waals surface area contributed by atoms with Crippen molar-refractivity contribution >= 4 is 11.8 Å². The van der Waals surface area contributed by atoms with Crippen molar-refractivity contribution < 1.29 is 14.0 Å². The molecule has 1 rings (SSSR count). The van der Waals surface area contributed by atoms with Crippen LogP contribution in [0.1, 0.15) is 22.8 Å². The molecule has 0 aliphatic rings. The number of nitrogens with zero attached hydrogens (tertiary/aromatic N) is 1. The van der Waals surface area contributed by atoms with E-state index in [-0.39, 0.29) is 30.1 Å². The van der Waals surface area contributed by atoms with Gasteiger partial charge in [0.15, 0.2) is 0 Å². The van der Waals surface area contributed by atoms with Crippen LogP contribution in [0.3, 0.4) is 0 Å². The summed E-state index contributed by atoms with van der Waals surface area (Å²) in [6, 6.07) is 3.67. The lowest BCUT2D eigenvalue weighted by molar-refractivity contribution is -0.128. The van der Waals surface area contributed by atoms with E-state index in [0.717, 1.165) is 6.07 Å². The summed E-state index contributed by atoms with van der Waals surface area (Å²) in [4.78, 5) is 25.2. The quantitative estimate of drug-likeness (QED) is 0.786. The van der Waals surface area contributed by atoms with Crippen LogP contribution >= 0.6 is 0 Å². The van der Waals surface area contributed by atoms with E-state index in [4.69, 9.17) is 5.73 Å². The Bertz CT molecular complexity index is 590. The Morgan fingerprint density at radius 3 is 2.76 bits per heavy atom. The highest BCUT2D eigenvalue weighted by Crippen LogP contribution is 2.10. The molecule has 6 heteroatoms. The molecular weight excluding hydrogens is 273 g/mol. The predicted molar refractivity (Wildman–Crippen MR) is 78.0 cm³/mol. The predicted octanol–water partition coefficient (Wildman–Crippen LogP) is 0.344. The maximum absolute atomic E-state index is 13.2. The van der Waals surface area contributed by atoms with Crippen LogP contribution in [0.25, 0.3) is 0 Å². The maximum atomic E-state index is 13.2. The molecular formula is C15H18FN3O2. The standard InChI is InChI=1S/C15H18FN3O2/c1-3-19(2)14(20)10-18-15(21)13-7-6-12(16)9-11(13)5-4-8-17/h6-7,9H,3,8,10,17H2,1-2H3,(H,18,21). The Morgan fingerprint density at radius 2 is 2.14 bits per heavy atom. The van der Waals surface area contributed by atoms with Gasteiger partial charge in [0, 0.05) is 19.2 Å². The molecule has 0 unspecified atom stereocenters. The van der Waals surface area contributed by atoms with E-state index in [0.29, 0.717) is 6.54 Å². The number of amides is 2. The highest BCUT2D eigenvalue weighted by molar-refractivity contribution is 5.98. The fourth-order valence-electron chi connectivity index (χ4n) is 1.53. The van der Waals surface area contributed by atoms with Gasteiger partial charge < -0.3 is 16.0 Å². The number of likely N-dealkylation sites (N-methyl/N-ethyl adjacent to an activating group) is 1. The summed E-state index contributed by atoms with van der Waals surface area (Å²) >= 11 is 0. The monoisotopic (exact) mass is 291 g/mol. The Labute approximate surface area is 123 Å². The first kappa shape index (κ1) is 16.7. The zero-order valence-electron chi connectivity index (χ0n) is 12.1. The van der Waals surface area contributed by atoms with Gasteiger partial charge in [-0.05, 0) is 25.1 Å². The zero-order chi connectivity index (χ0) is 15.8. The van der Waals surface area contributed by atoms with E-state index >= 15 is 0 Å². The van der Waals surface area contributed by atoms with Crippen LogP contribution < -0.4 is 11.1 Å². The number of carbonyl (C=O) groups excluding carboxylic acids is 2. The lowest BCUT2D eigenvalue weighted by atomic mass is 10.1. The lowest BCUT2D eigenvalue weighted by Crippen LogP contribution is -2.38. The second kappa shape index (κ2) is 8.02. The number of halogens is 1. The minimum Gasteiger partial charge on any atom is -0.345 e. The van der Waals surface area contributed by atoms with E-state index in [9.17, 15) is 14.0 Å². The minimum absolute atomic E-state index is 0.108. The maximum Gasteiger partial charge on any atom is 0.252 e. The molecule has 0 fully saturated rings. The molecule has 0 spiro atoms. The van der Waals surface area contributed by atoms with E-state index in [2.05, 4.69) is 17.2 Å². The first-order valence-corrected chi connectivity index (χ1v) is 6.50. The molecule has 0 saturated heterocycles. The minimum atomic E-state index is -0.491. The highest BCUT2D eigenvalue weighted by Gasteiger charge is 2.13. The average Bonchev–Trinajstić information content (AvgIpc) is 2.49. The Morgan fingerprint density at radius 1 is 1.43 bits per heavy atom. The van der Waals surface area contributed by atoms with E-state index in [1.807, 2.05) is 6.92 Å². The number of nitrogens with one attached hydrogen (secondary N) is 1. The van der Waals surface area contributed by atoms with Crippen molar-refractivity contribution in [3.8, 4) is 11.8 Å². The number of carbonyl (C=O) groups is 2. The number of nitrogens with two attached hydrogens (primary N) is 1. The number of hydrogen-bond donors (Lipinski definition) is 2. The van der Waals surface area contributed by atoms with E-state index < -0.39 is 11.7 Å². The van der Waals surface area contributed by atoms with Crippen molar-refractivity contribution in [2.24, 2.45) is 5.73 Å². The van der Waals surface area contributed by atoms with Crippen molar-refractivity contribution in [2.45, 2.75) is 6.92 Å². The molecule has 1 aromatic carbocycles. The second-order valence-electron chi connectivity index (χ2n) is 4.29. The van der Waals surface area contributed by atoms with Gasteiger partial charge in [-0.1, -0.05) is 11.8 Å². The number of hydrogen-bond acceptors (Lipinski definition) is 3. The summed E-state index contributed by atoms with van der Waals surface area (Å²) in [6.45, 7) is 2.38. The third kappa shape index (κ3) is 4.89. The Balaban J connectivity index is 2.85. The first-order chi connectivity index (χ1) is 9.99. The smallest absolute Gasteiger partial charge is 0.252 e.